The number of carbonyl (C=O) groups is 1. The number of aliphatic hydroxyl groups excluding tert-OH is 1. The highest BCUT2D eigenvalue weighted by Crippen LogP contribution is 2.31. The highest BCUT2D eigenvalue weighted by atomic mass is 19.4. The maximum absolute atomic E-state index is 13.0. The van der Waals surface area contributed by atoms with Crippen LogP contribution in [0.1, 0.15) is 28.4 Å². The second-order valence-corrected chi connectivity index (χ2v) is 6.41. The lowest BCUT2D eigenvalue weighted by atomic mass is 10.1. The number of hydrogen-bond acceptors (Lipinski definition) is 4. The molecule has 0 heterocycles. The minimum absolute atomic E-state index is 0.0601. The molecule has 164 valence electrons. The Bertz CT molecular complexity index is 866. The van der Waals surface area contributed by atoms with Crippen LogP contribution in [0.3, 0.4) is 0 Å². The molecule has 0 radical (unpaired) electrons. The summed E-state index contributed by atoms with van der Waals surface area (Å²) in [4.78, 5) is 13.0. The van der Waals surface area contributed by atoms with E-state index in [0.29, 0.717) is 0 Å². The summed E-state index contributed by atoms with van der Waals surface area (Å²) in [5.41, 5.74) is -0.691. The first kappa shape index (κ1) is 23.5. The molecule has 0 saturated carbocycles. The topological polar surface area (TPSA) is 49.8 Å². The van der Waals surface area contributed by atoms with Gasteiger partial charge >= 0.3 is 18.3 Å². The number of halogens is 6. The Kier molecular flexibility index (Phi) is 7.35. The van der Waals surface area contributed by atoms with Crippen LogP contribution in [0, 0.1) is 0 Å². The minimum Gasteiger partial charge on any atom is -0.462 e. The normalized spacial score (nSPS) is 13.1. The van der Waals surface area contributed by atoms with Gasteiger partial charge in [0.15, 0.2) is 6.10 Å². The second-order valence-electron chi connectivity index (χ2n) is 6.41. The smallest absolute Gasteiger partial charge is 0.416 e. The Hall–Kier alpha value is -2.75. The van der Waals surface area contributed by atoms with E-state index in [4.69, 9.17) is 4.74 Å². The Morgan fingerprint density at radius 3 is 2.33 bits per heavy atom. The summed E-state index contributed by atoms with van der Waals surface area (Å²) in [6.07, 6.45) is -12.3. The van der Waals surface area contributed by atoms with Crippen LogP contribution < -0.4 is 4.90 Å². The molecule has 10 heteroatoms. The van der Waals surface area contributed by atoms with Crippen molar-refractivity contribution < 1.29 is 41.0 Å². The van der Waals surface area contributed by atoms with Crippen LogP contribution in [0.2, 0.25) is 0 Å². The van der Waals surface area contributed by atoms with Gasteiger partial charge in [0, 0.05) is 12.2 Å². The highest BCUT2D eigenvalue weighted by Gasteiger charge is 2.39. The Morgan fingerprint density at radius 1 is 1.07 bits per heavy atom. The van der Waals surface area contributed by atoms with Crippen molar-refractivity contribution in [1.29, 1.82) is 0 Å². The lowest BCUT2D eigenvalue weighted by Crippen LogP contribution is -2.41. The number of ether oxygens (including phenoxy) is 1. The zero-order valence-corrected chi connectivity index (χ0v) is 15.8. The summed E-state index contributed by atoms with van der Waals surface area (Å²) < 4.78 is 82.4. The van der Waals surface area contributed by atoms with Crippen molar-refractivity contribution in [2.75, 3.05) is 18.1 Å². The largest absolute Gasteiger partial charge is 0.462 e. The number of rotatable bonds is 7. The molecule has 0 spiro atoms. The van der Waals surface area contributed by atoms with E-state index in [1.807, 2.05) is 0 Å². The van der Waals surface area contributed by atoms with Gasteiger partial charge in [-0.1, -0.05) is 18.2 Å². The molecule has 1 unspecified atom stereocenters. The van der Waals surface area contributed by atoms with Crippen LogP contribution in [0.4, 0.5) is 32.0 Å². The summed E-state index contributed by atoms with van der Waals surface area (Å²) in [5, 5.41) is 9.50. The van der Waals surface area contributed by atoms with E-state index in [1.54, 1.807) is 6.92 Å². The van der Waals surface area contributed by atoms with Gasteiger partial charge in [-0.05, 0) is 42.8 Å². The first-order chi connectivity index (χ1) is 13.9. The van der Waals surface area contributed by atoms with Crippen molar-refractivity contribution in [3.05, 3.63) is 65.2 Å². The SMILES string of the molecule is CCOC(=O)c1cccc(N(Cc2cccc(C(F)(F)F)c2)CC(O)C(F)(F)F)c1. The highest BCUT2D eigenvalue weighted by molar-refractivity contribution is 5.90. The number of nitrogens with zero attached hydrogens (tertiary/aromatic N) is 1. The molecule has 2 rings (SSSR count). The first-order valence-corrected chi connectivity index (χ1v) is 8.85. The molecule has 0 fully saturated rings. The zero-order valence-electron chi connectivity index (χ0n) is 15.8. The third kappa shape index (κ3) is 6.38. The van der Waals surface area contributed by atoms with Crippen molar-refractivity contribution in [2.24, 2.45) is 0 Å². The van der Waals surface area contributed by atoms with Crippen LogP contribution in [0.15, 0.2) is 48.5 Å². The molecule has 2 aromatic rings. The van der Waals surface area contributed by atoms with Crippen LogP contribution in [-0.2, 0) is 17.5 Å². The van der Waals surface area contributed by atoms with Crippen LogP contribution >= 0.6 is 0 Å². The number of alkyl halides is 6. The zero-order chi connectivity index (χ0) is 22.5. The van der Waals surface area contributed by atoms with Crippen LogP contribution in [-0.4, -0.2) is 36.5 Å². The molecule has 0 aromatic heterocycles. The van der Waals surface area contributed by atoms with Gasteiger partial charge in [0.05, 0.1) is 24.3 Å². The average molecular weight is 435 g/mol. The van der Waals surface area contributed by atoms with Crippen molar-refractivity contribution in [2.45, 2.75) is 31.9 Å². The number of anilines is 1. The summed E-state index contributed by atoms with van der Waals surface area (Å²) in [7, 11) is 0. The summed E-state index contributed by atoms with van der Waals surface area (Å²) in [6, 6.07) is 9.59. The average Bonchev–Trinajstić information content (AvgIpc) is 2.66. The molecular formula is C20H19F6NO3. The van der Waals surface area contributed by atoms with Crippen molar-refractivity contribution >= 4 is 11.7 Å². The van der Waals surface area contributed by atoms with E-state index in [0.717, 1.165) is 23.1 Å². The molecule has 2 aromatic carbocycles. The maximum atomic E-state index is 13.0. The standard InChI is InChI=1S/C20H19F6NO3/c1-2-30-18(29)14-6-4-8-16(10-14)27(12-17(28)20(24,25)26)11-13-5-3-7-15(9-13)19(21,22)23/h3-10,17,28H,2,11-12H2,1H3. The first-order valence-electron chi connectivity index (χ1n) is 8.85. The van der Waals surface area contributed by atoms with E-state index < -0.39 is 36.5 Å². The van der Waals surface area contributed by atoms with Gasteiger partial charge in [-0.25, -0.2) is 4.79 Å². The molecule has 0 bridgehead atoms. The molecule has 0 aliphatic heterocycles. The fraction of sp³-hybridized carbons (Fsp3) is 0.350. The summed E-state index contributed by atoms with van der Waals surface area (Å²) >= 11 is 0. The molecule has 0 aliphatic rings. The number of aliphatic hydroxyl groups is 1. The van der Waals surface area contributed by atoms with Gasteiger partial charge in [-0.3, -0.25) is 0 Å². The van der Waals surface area contributed by atoms with Crippen molar-refractivity contribution in [3.63, 3.8) is 0 Å². The van der Waals surface area contributed by atoms with E-state index >= 15 is 0 Å². The van der Waals surface area contributed by atoms with Crippen LogP contribution in [0.5, 0.6) is 0 Å². The quantitative estimate of drug-likeness (QED) is 0.501. The van der Waals surface area contributed by atoms with E-state index in [-0.39, 0.29) is 30.0 Å². The Labute approximate surface area is 168 Å². The predicted octanol–water partition coefficient (Wildman–Crippen LogP) is 4.81. The van der Waals surface area contributed by atoms with Gasteiger partial charge in [0.25, 0.3) is 0 Å². The maximum Gasteiger partial charge on any atom is 0.416 e. The fourth-order valence-corrected chi connectivity index (χ4v) is 2.68. The number of esters is 1. The fourth-order valence-electron chi connectivity index (χ4n) is 2.68. The third-order valence-electron chi connectivity index (χ3n) is 4.12. The van der Waals surface area contributed by atoms with Gasteiger partial charge in [0.1, 0.15) is 0 Å². The second kappa shape index (κ2) is 9.38. The van der Waals surface area contributed by atoms with Gasteiger partial charge < -0.3 is 14.7 Å². The number of hydrogen-bond donors (Lipinski definition) is 1. The van der Waals surface area contributed by atoms with Gasteiger partial charge in [-0.15, -0.1) is 0 Å². The van der Waals surface area contributed by atoms with Gasteiger partial charge in [0.2, 0.25) is 0 Å². The molecule has 1 atom stereocenters. The third-order valence-corrected chi connectivity index (χ3v) is 4.12. The summed E-state index contributed by atoms with van der Waals surface area (Å²) in [5.74, 6) is -0.699. The molecule has 1 N–H and O–H groups in total. The summed E-state index contributed by atoms with van der Waals surface area (Å²) in [6.45, 7) is 0.376. The van der Waals surface area contributed by atoms with E-state index in [2.05, 4.69) is 0 Å². The van der Waals surface area contributed by atoms with Crippen molar-refractivity contribution in [1.82, 2.24) is 0 Å². The number of carbonyl (C=O) groups excluding carboxylic acids is 1. The number of benzene rings is 2. The Morgan fingerprint density at radius 2 is 1.73 bits per heavy atom. The molecule has 0 amide bonds. The van der Waals surface area contributed by atoms with Crippen molar-refractivity contribution in [3.8, 4) is 0 Å². The monoisotopic (exact) mass is 435 g/mol. The molecular weight excluding hydrogens is 416 g/mol. The lowest BCUT2D eigenvalue weighted by molar-refractivity contribution is -0.200. The molecule has 0 saturated heterocycles. The van der Waals surface area contributed by atoms with E-state index in [9.17, 15) is 36.2 Å². The molecule has 4 nitrogen and oxygen atoms in total. The predicted molar refractivity (Wildman–Crippen MR) is 97.0 cm³/mol. The lowest BCUT2D eigenvalue weighted by Gasteiger charge is -2.29. The van der Waals surface area contributed by atoms with Gasteiger partial charge in [-0.2, -0.15) is 26.3 Å². The minimum atomic E-state index is -4.93. The Balaban J connectivity index is 2.39. The molecule has 0 aliphatic carbocycles. The van der Waals surface area contributed by atoms with Crippen LogP contribution in [0.25, 0.3) is 0 Å². The van der Waals surface area contributed by atoms with E-state index in [1.165, 1.54) is 30.3 Å². The molecule has 30 heavy (non-hydrogen) atoms.